The first-order valence-corrected chi connectivity index (χ1v) is 13.4. The van der Waals surface area contributed by atoms with E-state index in [1.165, 1.54) is 27.3 Å². The van der Waals surface area contributed by atoms with E-state index < -0.39 is 0 Å². The summed E-state index contributed by atoms with van der Waals surface area (Å²) in [6.45, 7) is 9.05. The standard InChI is InChI=1S/C26H37N5O4S/c1-20-7-9-28-24(20)23(25-21(2)8-18-36-25)6-4-12-31-11-3-5-22(19-31)26(32)35-17-16-34-15-14-33-13-10-29-30-27/h6-9,18,22,28H,3-5,10-17,19H2,1-2H3/t22-/m1/s1. The van der Waals surface area contributed by atoms with Crippen molar-refractivity contribution in [3.63, 3.8) is 0 Å². The highest BCUT2D eigenvalue weighted by Gasteiger charge is 2.26. The third-order valence-corrected chi connectivity index (χ3v) is 7.26. The Hall–Kier alpha value is -2.62. The molecule has 2 aromatic rings. The van der Waals surface area contributed by atoms with Crippen LogP contribution in [-0.2, 0) is 19.0 Å². The molecule has 0 amide bonds. The molecule has 9 nitrogen and oxygen atoms in total. The number of H-pyrrole nitrogens is 1. The summed E-state index contributed by atoms with van der Waals surface area (Å²) < 4.78 is 16.1. The molecule has 0 radical (unpaired) electrons. The lowest BCUT2D eigenvalue weighted by Gasteiger charge is -2.31. The Labute approximate surface area is 217 Å². The number of likely N-dealkylation sites (tertiary alicyclic amines) is 1. The van der Waals surface area contributed by atoms with Gasteiger partial charge in [-0.25, -0.2) is 0 Å². The van der Waals surface area contributed by atoms with E-state index in [-0.39, 0.29) is 18.5 Å². The lowest BCUT2D eigenvalue weighted by Crippen LogP contribution is -2.40. The highest BCUT2D eigenvalue weighted by molar-refractivity contribution is 7.11. The molecule has 1 aliphatic rings. The average molecular weight is 516 g/mol. The molecule has 1 aliphatic heterocycles. The molecule has 0 spiro atoms. The molecule has 1 fully saturated rings. The smallest absolute Gasteiger partial charge is 0.310 e. The van der Waals surface area contributed by atoms with Gasteiger partial charge in [0, 0.05) is 46.9 Å². The Kier molecular flexibility index (Phi) is 12.0. The number of hydrogen-bond acceptors (Lipinski definition) is 7. The number of aromatic amines is 1. The van der Waals surface area contributed by atoms with Crippen LogP contribution in [-0.4, -0.2) is 75.1 Å². The molecule has 0 unspecified atom stereocenters. The van der Waals surface area contributed by atoms with Gasteiger partial charge in [0.05, 0.1) is 32.3 Å². The zero-order valence-corrected chi connectivity index (χ0v) is 22.1. The van der Waals surface area contributed by atoms with E-state index in [1.807, 2.05) is 6.20 Å². The molecule has 0 bridgehead atoms. The lowest BCUT2D eigenvalue weighted by molar-refractivity contribution is -0.152. The fraction of sp³-hybridized carbons (Fsp3) is 0.577. The predicted molar refractivity (Wildman–Crippen MR) is 142 cm³/mol. The SMILES string of the molecule is Cc1cc[nH]c1C(=CCCN1CCC[C@@H](C(=O)OCCOCCOCCN=[N+]=[N-])C1)c1sccc1C. The van der Waals surface area contributed by atoms with Gasteiger partial charge in [-0.15, -0.1) is 11.3 Å². The van der Waals surface area contributed by atoms with E-state index in [1.54, 1.807) is 11.3 Å². The first-order valence-electron chi connectivity index (χ1n) is 12.5. The fourth-order valence-corrected chi connectivity index (χ4v) is 5.30. The molecule has 2 aromatic heterocycles. The number of esters is 1. The Morgan fingerprint density at radius 2 is 2.03 bits per heavy atom. The van der Waals surface area contributed by atoms with E-state index in [0.29, 0.717) is 33.0 Å². The summed E-state index contributed by atoms with van der Waals surface area (Å²) in [6.07, 6.45) is 7.12. The summed E-state index contributed by atoms with van der Waals surface area (Å²) in [4.78, 5) is 22.3. The van der Waals surface area contributed by atoms with Crippen molar-refractivity contribution >= 4 is 22.9 Å². The van der Waals surface area contributed by atoms with Crippen LogP contribution < -0.4 is 0 Å². The number of ether oxygens (including phenoxy) is 3. The second-order valence-electron chi connectivity index (χ2n) is 8.86. The minimum absolute atomic E-state index is 0.0867. The van der Waals surface area contributed by atoms with Crippen molar-refractivity contribution in [3.05, 3.63) is 61.9 Å². The lowest BCUT2D eigenvalue weighted by atomic mass is 9.98. The predicted octanol–water partition coefficient (Wildman–Crippen LogP) is 5.11. The molecular formula is C26H37N5O4S. The normalized spacial score (nSPS) is 16.6. The number of nitrogens with zero attached hydrogens (tertiary/aromatic N) is 4. The van der Waals surface area contributed by atoms with Crippen LogP contribution in [0.2, 0.25) is 0 Å². The second kappa shape index (κ2) is 15.5. The maximum Gasteiger partial charge on any atom is 0.310 e. The number of carbonyl (C=O) groups is 1. The summed E-state index contributed by atoms with van der Waals surface area (Å²) in [5.41, 5.74) is 13.2. The van der Waals surface area contributed by atoms with Gasteiger partial charge in [-0.1, -0.05) is 11.2 Å². The van der Waals surface area contributed by atoms with Gasteiger partial charge in [0.2, 0.25) is 0 Å². The van der Waals surface area contributed by atoms with E-state index in [2.05, 4.69) is 57.3 Å². The van der Waals surface area contributed by atoms with Gasteiger partial charge in [0.25, 0.3) is 0 Å². The molecule has 0 aliphatic carbocycles. The van der Waals surface area contributed by atoms with Crippen molar-refractivity contribution in [3.8, 4) is 0 Å². The van der Waals surface area contributed by atoms with Gasteiger partial charge >= 0.3 is 5.97 Å². The quantitative estimate of drug-likeness (QED) is 0.116. The first kappa shape index (κ1) is 28.0. The number of azide groups is 1. The minimum Gasteiger partial charge on any atom is -0.463 e. The topological polar surface area (TPSA) is 113 Å². The largest absolute Gasteiger partial charge is 0.463 e. The van der Waals surface area contributed by atoms with Crippen LogP contribution in [0.15, 0.2) is 34.9 Å². The zero-order chi connectivity index (χ0) is 25.6. The molecule has 10 heteroatoms. The van der Waals surface area contributed by atoms with Crippen molar-refractivity contribution in [2.45, 2.75) is 33.1 Å². The molecule has 0 aromatic carbocycles. The highest BCUT2D eigenvalue weighted by atomic mass is 32.1. The third-order valence-electron chi connectivity index (χ3n) is 6.21. The monoisotopic (exact) mass is 515 g/mol. The number of aromatic nitrogens is 1. The van der Waals surface area contributed by atoms with Crippen LogP contribution in [0.25, 0.3) is 16.0 Å². The van der Waals surface area contributed by atoms with Gasteiger partial charge in [-0.05, 0) is 73.8 Å². The zero-order valence-electron chi connectivity index (χ0n) is 21.3. The molecule has 196 valence electrons. The summed E-state index contributed by atoms with van der Waals surface area (Å²) in [7, 11) is 0. The van der Waals surface area contributed by atoms with Crippen molar-refractivity contribution in [2.24, 2.45) is 11.0 Å². The number of hydrogen-bond donors (Lipinski definition) is 1. The van der Waals surface area contributed by atoms with Gasteiger partial charge in [-0.2, -0.15) is 0 Å². The van der Waals surface area contributed by atoms with Crippen molar-refractivity contribution in [2.75, 3.05) is 59.2 Å². The van der Waals surface area contributed by atoms with Crippen LogP contribution in [0.1, 0.15) is 41.0 Å². The van der Waals surface area contributed by atoms with Gasteiger partial charge < -0.3 is 24.1 Å². The molecule has 0 saturated carbocycles. The number of thiophene rings is 1. The van der Waals surface area contributed by atoms with Crippen LogP contribution in [0.3, 0.4) is 0 Å². The Balaban J connectivity index is 1.39. The Morgan fingerprint density at radius 3 is 2.75 bits per heavy atom. The molecule has 3 heterocycles. The Morgan fingerprint density at radius 1 is 1.22 bits per heavy atom. The summed E-state index contributed by atoms with van der Waals surface area (Å²) in [5, 5.41) is 5.53. The Bertz CT molecular complexity index is 985. The molecular weight excluding hydrogens is 478 g/mol. The first-order chi connectivity index (χ1) is 17.6. The second-order valence-corrected chi connectivity index (χ2v) is 9.78. The summed E-state index contributed by atoms with van der Waals surface area (Å²) >= 11 is 1.78. The number of nitrogens with one attached hydrogen (secondary N) is 1. The van der Waals surface area contributed by atoms with Crippen molar-refractivity contribution in [1.29, 1.82) is 0 Å². The highest BCUT2D eigenvalue weighted by Crippen LogP contribution is 2.32. The van der Waals surface area contributed by atoms with Gasteiger partial charge in [0.15, 0.2) is 0 Å². The maximum absolute atomic E-state index is 12.6. The molecule has 36 heavy (non-hydrogen) atoms. The van der Waals surface area contributed by atoms with Crippen molar-refractivity contribution in [1.82, 2.24) is 9.88 Å². The van der Waals surface area contributed by atoms with Gasteiger partial charge in [0.1, 0.15) is 6.61 Å². The summed E-state index contributed by atoms with van der Waals surface area (Å²) in [5.74, 6) is -0.224. The number of piperidine rings is 1. The minimum atomic E-state index is -0.138. The molecule has 1 atom stereocenters. The van der Waals surface area contributed by atoms with E-state index in [0.717, 1.165) is 38.9 Å². The van der Waals surface area contributed by atoms with Crippen LogP contribution >= 0.6 is 11.3 Å². The number of rotatable bonds is 15. The van der Waals surface area contributed by atoms with Crippen LogP contribution in [0.4, 0.5) is 0 Å². The number of carbonyl (C=O) groups excluding carboxylic acids is 1. The van der Waals surface area contributed by atoms with Crippen LogP contribution in [0.5, 0.6) is 0 Å². The fourth-order valence-electron chi connectivity index (χ4n) is 4.33. The molecule has 3 rings (SSSR count). The van der Waals surface area contributed by atoms with Crippen LogP contribution in [0, 0.1) is 19.8 Å². The van der Waals surface area contributed by atoms with E-state index >= 15 is 0 Å². The molecule has 1 saturated heterocycles. The average Bonchev–Trinajstić information content (AvgIpc) is 3.51. The van der Waals surface area contributed by atoms with Gasteiger partial charge in [-0.3, -0.25) is 4.79 Å². The number of aryl methyl sites for hydroxylation is 2. The van der Waals surface area contributed by atoms with E-state index in [9.17, 15) is 4.79 Å². The summed E-state index contributed by atoms with van der Waals surface area (Å²) in [6, 6.07) is 4.28. The van der Waals surface area contributed by atoms with E-state index in [4.69, 9.17) is 19.7 Å². The third kappa shape index (κ3) is 8.80. The maximum atomic E-state index is 12.6. The molecule has 1 N–H and O–H groups in total. The van der Waals surface area contributed by atoms with Crippen molar-refractivity contribution < 1.29 is 19.0 Å².